The summed E-state index contributed by atoms with van der Waals surface area (Å²) in [5, 5.41) is 20.0. The van der Waals surface area contributed by atoms with E-state index in [1.54, 1.807) is 24.3 Å². The highest BCUT2D eigenvalue weighted by atomic mass is 35.5. The van der Waals surface area contributed by atoms with Crippen molar-refractivity contribution in [2.24, 2.45) is 0 Å². The fraction of sp³-hybridized carbons (Fsp3) is 0.273. The van der Waals surface area contributed by atoms with Gasteiger partial charge in [0.1, 0.15) is 11.8 Å². The van der Waals surface area contributed by atoms with E-state index in [-0.39, 0.29) is 6.61 Å². The van der Waals surface area contributed by atoms with Crippen LogP contribution in [0.15, 0.2) is 24.3 Å². The van der Waals surface area contributed by atoms with E-state index in [1.165, 1.54) is 0 Å². The first-order valence-electron chi connectivity index (χ1n) is 5.04. The van der Waals surface area contributed by atoms with Gasteiger partial charge in [0.15, 0.2) is 6.61 Å². The highest BCUT2D eigenvalue weighted by Crippen LogP contribution is 2.15. The molecule has 98 valence electrons. The number of aliphatic carboxylic acids is 1. The molecule has 0 aliphatic heterocycles. The van der Waals surface area contributed by atoms with E-state index < -0.39 is 24.5 Å². The monoisotopic (exact) mass is 273 g/mol. The number of ether oxygens (including phenoxy) is 1. The zero-order chi connectivity index (χ0) is 13.5. The van der Waals surface area contributed by atoms with Crippen molar-refractivity contribution in [1.82, 2.24) is 5.32 Å². The zero-order valence-electron chi connectivity index (χ0n) is 9.30. The molecule has 0 aliphatic carbocycles. The summed E-state index contributed by atoms with van der Waals surface area (Å²) in [6.07, 6.45) is 0. The van der Waals surface area contributed by atoms with Crippen LogP contribution in [0.5, 0.6) is 5.75 Å². The van der Waals surface area contributed by atoms with Crippen molar-refractivity contribution in [1.29, 1.82) is 0 Å². The average molecular weight is 274 g/mol. The largest absolute Gasteiger partial charge is 0.484 e. The molecule has 6 nitrogen and oxygen atoms in total. The summed E-state index contributed by atoms with van der Waals surface area (Å²) in [6.45, 7) is -1.02. The molecule has 1 rings (SSSR count). The third-order valence-electron chi connectivity index (χ3n) is 2.00. The maximum absolute atomic E-state index is 11.3. The number of aliphatic hydroxyl groups is 1. The highest BCUT2D eigenvalue weighted by Gasteiger charge is 2.18. The van der Waals surface area contributed by atoms with Crippen LogP contribution in [0.2, 0.25) is 5.02 Å². The second kappa shape index (κ2) is 6.83. The van der Waals surface area contributed by atoms with Crippen molar-refractivity contribution in [2.45, 2.75) is 6.04 Å². The molecular weight excluding hydrogens is 262 g/mol. The SMILES string of the molecule is O=C(COc1ccc(Cl)cc1)N[C@H](CO)C(=O)O. The molecular formula is C11H12ClNO5. The molecule has 0 bridgehead atoms. The van der Waals surface area contributed by atoms with Gasteiger partial charge >= 0.3 is 5.97 Å². The number of nitrogens with one attached hydrogen (secondary N) is 1. The fourth-order valence-corrected chi connectivity index (χ4v) is 1.23. The average Bonchev–Trinajstić information content (AvgIpc) is 2.35. The van der Waals surface area contributed by atoms with Crippen LogP contribution < -0.4 is 10.1 Å². The zero-order valence-corrected chi connectivity index (χ0v) is 10.1. The molecule has 0 radical (unpaired) electrons. The fourth-order valence-electron chi connectivity index (χ4n) is 1.10. The van der Waals surface area contributed by atoms with E-state index in [9.17, 15) is 9.59 Å². The predicted octanol–water partition coefficient (Wildman–Crippen LogP) is 0.280. The van der Waals surface area contributed by atoms with Gasteiger partial charge in [-0.15, -0.1) is 0 Å². The molecule has 3 N–H and O–H groups in total. The first kappa shape index (κ1) is 14.3. The number of rotatable bonds is 6. The number of carbonyl (C=O) groups is 2. The van der Waals surface area contributed by atoms with Crippen molar-refractivity contribution >= 4 is 23.5 Å². The van der Waals surface area contributed by atoms with Crippen molar-refractivity contribution < 1.29 is 24.5 Å². The summed E-state index contributed by atoms with van der Waals surface area (Å²) in [6, 6.07) is 5.03. The van der Waals surface area contributed by atoms with E-state index in [2.05, 4.69) is 5.32 Å². The van der Waals surface area contributed by atoms with Gasteiger partial charge in [0, 0.05) is 5.02 Å². The number of hydrogen-bond donors (Lipinski definition) is 3. The molecule has 0 unspecified atom stereocenters. The van der Waals surface area contributed by atoms with E-state index in [1.807, 2.05) is 0 Å². The minimum atomic E-state index is -1.33. The molecule has 0 aromatic heterocycles. The van der Waals surface area contributed by atoms with Gasteiger partial charge in [-0.3, -0.25) is 4.79 Å². The molecule has 7 heteroatoms. The lowest BCUT2D eigenvalue weighted by molar-refractivity contribution is -0.143. The number of amides is 1. The third kappa shape index (κ3) is 4.60. The van der Waals surface area contributed by atoms with Crippen LogP contribution in [0.3, 0.4) is 0 Å². The van der Waals surface area contributed by atoms with Gasteiger partial charge < -0.3 is 20.3 Å². The van der Waals surface area contributed by atoms with Crippen LogP contribution in [0.4, 0.5) is 0 Å². The summed E-state index contributed by atoms with van der Waals surface area (Å²) in [5.74, 6) is -1.51. The minimum absolute atomic E-state index is 0.342. The third-order valence-corrected chi connectivity index (χ3v) is 2.25. The second-order valence-corrected chi connectivity index (χ2v) is 3.82. The predicted molar refractivity (Wildman–Crippen MR) is 63.6 cm³/mol. The topological polar surface area (TPSA) is 95.9 Å². The number of halogens is 1. The number of carbonyl (C=O) groups excluding carboxylic acids is 1. The normalized spacial score (nSPS) is 11.7. The van der Waals surface area contributed by atoms with Gasteiger partial charge in [0.2, 0.25) is 0 Å². The summed E-state index contributed by atoms with van der Waals surface area (Å²) in [7, 11) is 0. The Labute approximate surface area is 108 Å². The molecule has 1 amide bonds. The minimum Gasteiger partial charge on any atom is -0.484 e. The summed E-state index contributed by atoms with van der Waals surface area (Å²) in [4.78, 5) is 21.9. The van der Waals surface area contributed by atoms with Crippen molar-refractivity contribution in [3.63, 3.8) is 0 Å². The van der Waals surface area contributed by atoms with Gasteiger partial charge in [0.25, 0.3) is 5.91 Å². The smallest absolute Gasteiger partial charge is 0.328 e. The van der Waals surface area contributed by atoms with Gasteiger partial charge in [-0.2, -0.15) is 0 Å². The second-order valence-electron chi connectivity index (χ2n) is 3.38. The Bertz CT molecular complexity index is 420. The lowest BCUT2D eigenvalue weighted by Crippen LogP contribution is -2.45. The molecule has 0 spiro atoms. The lowest BCUT2D eigenvalue weighted by Gasteiger charge is -2.12. The standard InChI is InChI=1S/C11H12ClNO5/c12-7-1-3-8(4-2-7)18-6-10(15)13-9(5-14)11(16)17/h1-4,9,14H,5-6H2,(H,13,15)(H,16,17)/t9-/m1/s1. The Hall–Kier alpha value is -1.79. The number of hydrogen-bond acceptors (Lipinski definition) is 4. The first-order valence-corrected chi connectivity index (χ1v) is 5.42. The molecule has 0 fully saturated rings. The molecule has 0 aliphatic rings. The maximum atomic E-state index is 11.3. The van der Waals surface area contributed by atoms with E-state index in [0.717, 1.165) is 0 Å². The van der Waals surface area contributed by atoms with Crippen LogP contribution in [-0.4, -0.2) is 41.3 Å². The molecule has 18 heavy (non-hydrogen) atoms. The van der Waals surface area contributed by atoms with Crippen molar-refractivity contribution in [2.75, 3.05) is 13.2 Å². The molecule has 0 saturated heterocycles. The lowest BCUT2D eigenvalue weighted by atomic mass is 10.3. The quantitative estimate of drug-likeness (QED) is 0.692. The Balaban J connectivity index is 2.41. The Kier molecular flexibility index (Phi) is 5.41. The number of benzene rings is 1. The maximum Gasteiger partial charge on any atom is 0.328 e. The Morgan fingerprint density at radius 1 is 1.33 bits per heavy atom. The van der Waals surface area contributed by atoms with Gasteiger partial charge in [-0.25, -0.2) is 4.79 Å². The molecule has 1 aromatic carbocycles. The van der Waals surface area contributed by atoms with Gasteiger partial charge in [-0.05, 0) is 24.3 Å². The van der Waals surface area contributed by atoms with Crippen LogP contribution in [0.1, 0.15) is 0 Å². The Morgan fingerprint density at radius 3 is 2.44 bits per heavy atom. The first-order chi connectivity index (χ1) is 8.52. The number of aliphatic hydroxyl groups excluding tert-OH is 1. The number of carboxylic acid groups (broad SMARTS) is 1. The number of carboxylic acids is 1. The Morgan fingerprint density at radius 2 is 1.94 bits per heavy atom. The van der Waals surface area contributed by atoms with Gasteiger partial charge in [-0.1, -0.05) is 11.6 Å². The molecule has 1 atom stereocenters. The van der Waals surface area contributed by atoms with Crippen molar-refractivity contribution in [3.05, 3.63) is 29.3 Å². The van der Waals surface area contributed by atoms with E-state index >= 15 is 0 Å². The van der Waals surface area contributed by atoms with Crippen LogP contribution >= 0.6 is 11.6 Å². The van der Waals surface area contributed by atoms with Crippen LogP contribution in [0, 0.1) is 0 Å². The molecule has 1 aromatic rings. The molecule has 0 saturated carbocycles. The summed E-state index contributed by atoms with van der Waals surface area (Å²) < 4.78 is 5.10. The van der Waals surface area contributed by atoms with E-state index in [4.69, 9.17) is 26.6 Å². The summed E-state index contributed by atoms with van der Waals surface area (Å²) in [5.41, 5.74) is 0. The van der Waals surface area contributed by atoms with Crippen molar-refractivity contribution in [3.8, 4) is 5.75 Å². The highest BCUT2D eigenvalue weighted by molar-refractivity contribution is 6.30. The summed E-state index contributed by atoms with van der Waals surface area (Å²) >= 11 is 5.67. The van der Waals surface area contributed by atoms with Gasteiger partial charge in [0.05, 0.1) is 6.61 Å². The van der Waals surface area contributed by atoms with Crippen LogP contribution in [-0.2, 0) is 9.59 Å². The molecule has 0 heterocycles. The van der Waals surface area contributed by atoms with E-state index in [0.29, 0.717) is 10.8 Å². The van der Waals surface area contributed by atoms with Crippen LogP contribution in [0.25, 0.3) is 0 Å².